The Morgan fingerprint density at radius 2 is 1.66 bits per heavy atom. The Balaban J connectivity index is 1.48. The molecule has 0 spiro atoms. The molecule has 4 unspecified atom stereocenters. The molecule has 0 amide bonds. The second-order valence-electron chi connectivity index (χ2n) is 9.13. The summed E-state index contributed by atoms with van der Waals surface area (Å²) in [5, 5.41) is 29.8. The third-order valence-corrected chi connectivity index (χ3v) is 6.36. The number of hydrogen-bond donors (Lipinski definition) is 4. The van der Waals surface area contributed by atoms with E-state index in [-0.39, 0.29) is 24.6 Å². The van der Waals surface area contributed by atoms with Crippen LogP contribution in [0.1, 0.15) is 52.7 Å². The number of nitrogens with two attached hydrogens (primary N) is 1. The van der Waals surface area contributed by atoms with Crippen molar-refractivity contribution in [2.24, 2.45) is 5.73 Å². The Morgan fingerprint density at radius 3 is 2.31 bits per heavy atom. The van der Waals surface area contributed by atoms with Crippen LogP contribution in [0, 0.1) is 0 Å². The summed E-state index contributed by atoms with van der Waals surface area (Å²) in [7, 11) is 1.95. The number of ether oxygens (including phenoxy) is 2. The molecule has 5 N–H and O–H groups in total. The molecule has 3 aromatic carbocycles. The average molecular weight is 479 g/mol. The first kappa shape index (κ1) is 25.3. The van der Waals surface area contributed by atoms with Crippen LogP contribution in [0.5, 0.6) is 5.75 Å². The molecule has 7 heteroatoms. The third kappa shape index (κ3) is 6.67. The lowest BCUT2D eigenvalue weighted by Gasteiger charge is -2.38. The molecule has 0 saturated carbocycles. The number of phenols is 1. The minimum Gasteiger partial charge on any atom is -0.508 e. The minimum absolute atomic E-state index is 0.0000332. The number of benzene rings is 3. The predicted molar refractivity (Wildman–Crippen MR) is 133 cm³/mol. The van der Waals surface area contributed by atoms with Crippen molar-refractivity contribution in [1.29, 1.82) is 0 Å². The molecule has 1 aliphatic heterocycles. The van der Waals surface area contributed by atoms with Crippen LogP contribution in [0.25, 0.3) is 0 Å². The number of phenolic OH excluding ortho intramolecular Hbond substituents is 1. The normalized spacial score (nSPS) is 21.2. The summed E-state index contributed by atoms with van der Waals surface area (Å²) in [6.45, 7) is 1.47. The molecule has 35 heavy (non-hydrogen) atoms. The lowest BCUT2D eigenvalue weighted by Crippen LogP contribution is -2.39. The highest BCUT2D eigenvalue weighted by Gasteiger charge is 2.33. The summed E-state index contributed by atoms with van der Waals surface area (Å²) in [6, 6.07) is 22.4. The molecule has 1 aliphatic rings. The summed E-state index contributed by atoms with van der Waals surface area (Å²) >= 11 is 0. The molecule has 4 rings (SSSR count). The first-order valence-electron chi connectivity index (χ1n) is 11.9. The fourth-order valence-electron chi connectivity index (χ4n) is 4.40. The van der Waals surface area contributed by atoms with E-state index in [4.69, 9.17) is 15.2 Å². The first-order chi connectivity index (χ1) is 16.9. The van der Waals surface area contributed by atoms with E-state index in [2.05, 4.69) is 0 Å². The fourth-order valence-corrected chi connectivity index (χ4v) is 4.40. The van der Waals surface area contributed by atoms with E-state index in [0.717, 1.165) is 22.3 Å². The van der Waals surface area contributed by atoms with Crippen molar-refractivity contribution in [3.63, 3.8) is 0 Å². The van der Waals surface area contributed by atoms with Gasteiger partial charge in [-0.25, -0.2) is 0 Å². The molecule has 0 aliphatic carbocycles. The Morgan fingerprint density at radius 1 is 0.971 bits per heavy atom. The van der Waals surface area contributed by atoms with Gasteiger partial charge in [0.1, 0.15) is 5.75 Å². The molecule has 3 aromatic rings. The number of likely N-dealkylation sites (N-methyl/N-ethyl adjacent to an activating group) is 1. The number of aliphatic hydroxyl groups is 2. The van der Waals surface area contributed by atoms with E-state index in [9.17, 15) is 15.3 Å². The zero-order valence-electron chi connectivity index (χ0n) is 20.0. The molecule has 1 saturated heterocycles. The SMILES string of the molecule is CN(CC1CC(c2ccc(CO)cc2)OC(c2ccc(CN)cc2)O1)CC(O)c1cccc(O)c1. The maximum atomic E-state index is 10.7. The Hall–Kier alpha value is -2.78. The molecule has 7 nitrogen and oxygen atoms in total. The molecule has 0 radical (unpaired) electrons. The molecule has 186 valence electrons. The van der Waals surface area contributed by atoms with Gasteiger partial charge in [-0.05, 0) is 41.4 Å². The highest BCUT2D eigenvalue weighted by molar-refractivity contribution is 5.29. The largest absolute Gasteiger partial charge is 0.508 e. The number of rotatable bonds is 9. The van der Waals surface area contributed by atoms with Crippen LogP contribution in [0.2, 0.25) is 0 Å². The number of aromatic hydroxyl groups is 1. The summed E-state index contributed by atoms with van der Waals surface area (Å²) in [4.78, 5) is 2.03. The molecular weight excluding hydrogens is 444 g/mol. The van der Waals surface area contributed by atoms with Gasteiger partial charge in [-0.2, -0.15) is 0 Å². The van der Waals surface area contributed by atoms with Crippen LogP contribution in [0.4, 0.5) is 0 Å². The summed E-state index contributed by atoms with van der Waals surface area (Å²) in [5.74, 6) is 0.135. The minimum atomic E-state index is -0.728. The van der Waals surface area contributed by atoms with Gasteiger partial charge in [-0.1, -0.05) is 60.7 Å². The van der Waals surface area contributed by atoms with Crippen LogP contribution in [0.15, 0.2) is 72.8 Å². The van der Waals surface area contributed by atoms with Crippen molar-refractivity contribution in [2.75, 3.05) is 20.1 Å². The fraction of sp³-hybridized carbons (Fsp3) is 0.357. The Labute approximate surface area is 206 Å². The van der Waals surface area contributed by atoms with Crippen molar-refractivity contribution in [1.82, 2.24) is 4.90 Å². The topological polar surface area (TPSA) is 108 Å². The van der Waals surface area contributed by atoms with E-state index >= 15 is 0 Å². The second-order valence-corrected chi connectivity index (χ2v) is 9.13. The standard InChI is InChI=1S/C28H34N2O5/c1-30(17-26(33)23-3-2-4-24(32)13-23)16-25-14-27(21-9-7-20(18-31)8-10-21)35-28(34-25)22-11-5-19(15-29)6-12-22/h2-13,25-28,31-33H,14-18,29H2,1H3. The van der Waals surface area contributed by atoms with Gasteiger partial charge in [-0.15, -0.1) is 0 Å². The van der Waals surface area contributed by atoms with Gasteiger partial charge < -0.3 is 35.4 Å². The van der Waals surface area contributed by atoms with Crippen molar-refractivity contribution in [3.05, 3.63) is 101 Å². The van der Waals surface area contributed by atoms with Crippen molar-refractivity contribution >= 4 is 0 Å². The van der Waals surface area contributed by atoms with E-state index in [1.165, 1.54) is 0 Å². The Kier molecular flexibility index (Phi) is 8.51. The van der Waals surface area contributed by atoms with Crippen molar-refractivity contribution < 1.29 is 24.8 Å². The molecule has 1 heterocycles. The highest BCUT2D eigenvalue weighted by Crippen LogP contribution is 2.38. The molecular formula is C28H34N2O5. The van der Waals surface area contributed by atoms with Gasteiger partial charge in [0.15, 0.2) is 6.29 Å². The van der Waals surface area contributed by atoms with Crippen LogP contribution in [-0.2, 0) is 22.6 Å². The van der Waals surface area contributed by atoms with Crippen LogP contribution in [0.3, 0.4) is 0 Å². The van der Waals surface area contributed by atoms with Crippen molar-refractivity contribution in [3.8, 4) is 5.75 Å². The lowest BCUT2D eigenvalue weighted by molar-refractivity contribution is -0.252. The van der Waals surface area contributed by atoms with Gasteiger partial charge >= 0.3 is 0 Å². The average Bonchev–Trinajstić information content (AvgIpc) is 2.88. The van der Waals surface area contributed by atoms with Gasteiger partial charge in [0, 0.05) is 31.6 Å². The smallest absolute Gasteiger partial charge is 0.184 e. The Bertz CT molecular complexity index is 1020. The zero-order chi connectivity index (χ0) is 24.8. The number of aliphatic hydroxyl groups excluding tert-OH is 2. The quantitative estimate of drug-likeness (QED) is 0.372. The number of nitrogens with zero attached hydrogens (tertiary/aromatic N) is 1. The maximum absolute atomic E-state index is 10.7. The predicted octanol–water partition coefficient (Wildman–Crippen LogP) is 3.55. The highest BCUT2D eigenvalue weighted by atomic mass is 16.7. The van der Waals surface area contributed by atoms with Crippen LogP contribution < -0.4 is 5.73 Å². The second kappa shape index (κ2) is 11.8. The van der Waals surface area contributed by atoms with E-state index in [1.54, 1.807) is 24.3 Å². The van der Waals surface area contributed by atoms with E-state index < -0.39 is 12.4 Å². The van der Waals surface area contributed by atoms with E-state index in [0.29, 0.717) is 31.6 Å². The number of hydrogen-bond acceptors (Lipinski definition) is 7. The summed E-state index contributed by atoms with van der Waals surface area (Å²) in [6.07, 6.45) is -0.916. The van der Waals surface area contributed by atoms with Gasteiger partial charge in [0.05, 0.1) is 24.9 Å². The van der Waals surface area contributed by atoms with Gasteiger partial charge in [0.2, 0.25) is 0 Å². The molecule has 0 aromatic heterocycles. The van der Waals surface area contributed by atoms with Crippen LogP contribution in [-0.4, -0.2) is 46.5 Å². The van der Waals surface area contributed by atoms with E-state index in [1.807, 2.05) is 60.5 Å². The molecule has 0 bridgehead atoms. The summed E-state index contributed by atoms with van der Waals surface area (Å²) in [5.41, 5.74) is 10.3. The maximum Gasteiger partial charge on any atom is 0.184 e. The first-order valence-corrected chi connectivity index (χ1v) is 11.9. The van der Waals surface area contributed by atoms with Crippen molar-refractivity contribution in [2.45, 2.75) is 44.2 Å². The zero-order valence-corrected chi connectivity index (χ0v) is 20.0. The van der Waals surface area contributed by atoms with Gasteiger partial charge in [0.25, 0.3) is 0 Å². The third-order valence-electron chi connectivity index (χ3n) is 6.36. The van der Waals surface area contributed by atoms with Gasteiger partial charge in [-0.3, -0.25) is 0 Å². The molecule has 4 atom stereocenters. The summed E-state index contributed by atoms with van der Waals surface area (Å²) < 4.78 is 12.7. The molecule has 1 fully saturated rings. The monoisotopic (exact) mass is 478 g/mol. The lowest BCUT2D eigenvalue weighted by atomic mass is 9.99. The van der Waals surface area contributed by atoms with Crippen LogP contribution >= 0.6 is 0 Å².